The van der Waals surface area contributed by atoms with Crippen molar-refractivity contribution in [2.45, 2.75) is 45.2 Å². The number of ether oxygens (including phenoxy) is 1. The molecule has 3 unspecified atom stereocenters. The second kappa shape index (κ2) is 10.0. The predicted molar refractivity (Wildman–Crippen MR) is 177 cm³/mol. The van der Waals surface area contributed by atoms with Gasteiger partial charge >= 0.3 is 0 Å². The quantitative estimate of drug-likeness (QED) is 0.255. The van der Waals surface area contributed by atoms with E-state index in [4.69, 9.17) is 14.7 Å². The molecule has 2 aliphatic carbocycles. The first-order valence-corrected chi connectivity index (χ1v) is 16.2. The number of nitrogens with zero attached hydrogens (tertiary/aromatic N) is 6. The monoisotopic (exact) mass is 613 g/mol. The summed E-state index contributed by atoms with van der Waals surface area (Å²) in [6.07, 6.45) is 6.01. The Morgan fingerprint density at radius 3 is 2.65 bits per heavy atom. The zero-order chi connectivity index (χ0) is 31.3. The molecule has 1 N–H and O–H groups in total. The van der Waals surface area contributed by atoms with Gasteiger partial charge in [-0.25, -0.2) is 15.0 Å². The Kier molecular flexibility index (Phi) is 5.94. The first-order chi connectivity index (χ1) is 22.4. The average Bonchev–Trinajstić information content (AvgIpc) is 3.47. The number of fused-ring (bicyclic) bond motifs is 5. The second-order valence-corrected chi connectivity index (χ2v) is 13.4. The molecular weight excluding hydrogens is 578 g/mol. The maximum absolute atomic E-state index is 13.8. The number of aromatic nitrogens is 6. The van der Waals surface area contributed by atoms with Gasteiger partial charge in [0, 0.05) is 42.7 Å². The number of piperidine rings is 1. The number of hydrogen-bond acceptors (Lipinski definition) is 6. The van der Waals surface area contributed by atoms with Crippen molar-refractivity contribution in [3.8, 4) is 28.5 Å². The molecule has 1 saturated heterocycles. The van der Waals surface area contributed by atoms with Crippen LogP contribution in [-0.4, -0.2) is 59.6 Å². The number of aromatic amines is 1. The van der Waals surface area contributed by atoms with Crippen LogP contribution in [0.25, 0.3) is 55.9 Å². The van der Waals surface area contributed by atoms with Gasteiger partial charge in [-0.1, -0.05) is 13.0 Å². The number of carbonyl (C=O) groups excluding carboxylic acids is 1. The molecule has 3 aliphatic rings. The highest BCUT2D eigenvalue weighted by atomic mass is 16.5. The van der Waals surface area contributed by atoms with Gasteiger partial charge < -0.3 is 23.8 Å². The lowest BCUT2D eigenvalue weighted by Gasteiger charge is -2.27. The zero-order valence-corrected chi connectivity index (χ0v) is 26.2. The molecule has 1 aliphatic heterocycles. The van der Waals surface area contributed by atoms with Crippen molar-refractivity contribution in [3.63, 3.8) is 0 Å². The molecule has 2 aromatic carbocycles. The second-order valence-electron chi connectivity index (χ2n) is 13.4. The van der Waals surface area contributed by atoms with E-state index in [0.29, 0.717) is 46.1 Å². The number of pyridine rings is 1. The summed E-state index contributed by atoms with van der Waals surface area (Å²) in [5.74, 6) is 3.30. The number of nitrogens with one attached hydrogen (secondary N) is 1. The van der Waals surface area contributed by atoms with E-state index in [2.05, 4.69) is 43.1 Å². The number of carbonyl (C=O) groups is 1. The van der Waals surface area contributed by atoms with Crippen LogP contribution in [0.1, 0.15) is 43.0 Å². The number of hydrogen-bond donors (Lipinski definition) is 1. The summed E-state index contributed by atoms with van der Waals surface area (Å²) < 4.78 is 10.3. The number of imidazole rings is 1. The van der Waals surface area contributed by atoms with Gasteiger partial charge in [0.25, 0.3) is 11.5 Å². The van der Waals surface area contributed by atoms with E-state index in [1.54, 1.807) is 7.11 Å². The van der Waals surface area contributed by atoms with Crippen LogP contribution in [0.4, 0.5) is 0 Å². The third-order valence-electron chi connectivity index (χ3n) is 10.7. The molecule has 46 heavy (non-hydrogen) atoms. The van der Waals surface area contributed by atoms with Crippen molar-refractivity contribution in [1.29, 1.82) is 0 Å². The topological polar surface area (TPSA) is 111 Å². The van der Waals surface area contributed by atoms with Gasteiger partial charge in [0.1, 0.15) is 16.9 Å². The number of methoxy groups -OCH3 is 1. The summed E-state index contributed by atoms with van der Waals surface area (Å²) >= 11 is 0. The van der Waals surface area contributed by atoms with Crippen LogP contribution in [0.5, 0.6) is 5.75 Å². The van der Waals surface area contributed by atoms with Crippen LogP contribution in [0.3, 0.4) is 0 Å². The SMILES string of the molecule is COc1cc(C(=O)N2CC3CCC2C3C)cc2nc(-c3cc4ccc(-c5ccc6[nH]c(=O)cnc6c5)nc4n3CC3CC3)n(C)c12. The summed E-state index contributed by atoms with van der Waals surface area (Å²) in [6, 6.07) is 16.3. The van der Waals surface area contributed by atoms with Crippen molar-refractivity contribution in [1.82, 2.24) is 34.0 Å². The largest absolute Gasteiger partial charge is 0.494 e. The van der Waals surface area contributed by atoms with E-state index in [1.807, 2.05) is 43.4 Å². The van der Waals surface area contributed by atoms with Gasteiger partial charge in [0.05, 0.1) is 41.2 Å². The Hall–Kier alpha value is -4.99. The van der Waals surface area contributed by atoms with E-state index >= 15 is 0 Å². The van der Waals surface area contributed by atoms with Gasteiger partial charge in [-0.3, -0.25) is 9.59 Å². The van der Waals surface area contributed by atoms with Crippen molar-refractivity contribution < 1.29 is 9.53 Å². The summed E-state index contributed by atoms with van der Waals surface area (Å²) in [7, 11) is 3.67. The van der Waals surface area contributed by atoms with Crippen molar-refractivity contribution >= 4 is 39.0 Å². The van der Waals surface area contributed by atoms with Gasteiger partial charge in [0.2, 0.25) is 0 Å². The zero-order valence-electron chi connectivity index (χ0n) is 26.2. The Labute approximate surface area is 265 Å². The fraction of sp³-hybridized carbons (Fsp3) is 0.361. The number of benzene rings is 2. The molecule has 4 aromatic heterocycles. The molecule has 3 fully saturated rings. The Morgan fingerprint density at radius 2 is 1.89 bits per heavy atom. The third kappa shape index (κ3) is 4.19. The minimum absolute atomic E-state index is 0.0706. The minimum Gasteiger partial charge on any atom is -0.494 e. The summed E-state index contributed by atoms with van der Waals surface area (Å²) in [4.78, 5) is 45.1. The van der Waals surface area contributed by atoms with Gasteiger partial charge in [-0.05, 0) is 85.9 Å². The fourth-order valence-corrected chi connectivity index (χ4v) is 7.94. The molecule has 10 nitrogen and oxygen atoms in total. The maximum Gasteiger partial charge on any atom is 0.266 e. The van der Waals surface area contributed by atoms with Crippen molar-refractivity contribution in [3.05, 3.63) is 70.6 Å². The van der Waals surface area contributed by atoms with Crippen molar-refractivity contribution in [2.75, 3.05) is 13.7 Å². The summed E-state index contributed by atoms with van der Waals surface area (Å²) in [5.41, 5.74) is 7.09. The minimum atomic E-state index is -0.222. The van der Waals surface area contributed by atoms with E-state index in [-0.39, 0.29) is 11.5 Å². The molecule has 10 heteroatoms. The van der Waals surface area contributed by atoms with E-state index in [9.17, 15) is 9.59 Å². The van der Waals surface area contributed by atoms with Gasteiger partial charge in [-0.15, -0.1) is 0 Å². The van der Waals surface area contributed by atoms with E-state index in [0.717, 1.165) is 64.4 Å². The first kappa shape index (κ1) is 27.3. The third-order valence-corrected chi connectivity index (χ3v) is 10.7. The van der Waals surface area contributed by atoms with E-state index in [1.165, 1.54) is 25.5 Å². The normalized spacial score (nSPS) is 20.8. The molecule has 9 rings (SSSR count). The molecular formula is C36H35N7O3. The van der Waals surface area contributed by atoms with Crippen LogP contribution >= 0.6 is 0 Å². The van der Waals surface area contributed by atoms with Crippen LogP contribution in [-0.2, 0) is 13.6 Å². The highest BCUT2D eigenvalue weighted by Crippen LogP contribution is 2.44. The molecule has 2 bridgehead atoms. The molecule has 5 heterocycles. The first-order valence-electron chi connectivity index (χ1n) is 16.2. The Bertz CT molecular complexity index is 2280. The molecule has 6 aromatic rings. The lowest BCUT2D eigenvalue weighted by Crippen LogP contribution is -2.38. The smallest absolute Gasteiger partial charge is 0.266 e. The predicted octanol–water partition coefficient (Wildman–Crippen LogP) is 5.78. The fourth-order valence-electron chi connectivity index (χ4n) is 7.94. The van der Waals surface area contributed by atoms with Crippen molar-refractivity contribution in [2.24, 2.45) is 24.8 Å². The van der Waals surface area contributed by atoms with Gasteiger partial charge in [0.15, 0.2) is 5.82 Å². The number of H-pyrrole nitrogens is 1. The molecule has 0 spiro atoms. The summed E-state index contributed by atoms with van der Waals surface area (Å²) in [5, 5.41) is 1.04. The number of rotatable bonds is 6. The number of aryl methyl sites for hydroxylation is 1. The highest BCUT2D eigenvalue weighted by molar-refractivity contribution is 6.00. The molecule has 232 valence electrons. The Balaban J connectivity index is 1.15. The van der Waals surface area contributed by atoms with Crippen LogP contribution in [0.15, 0.2) is 59.5 Å². The molecule has 1 amide bonds. The molecule has 0 radical (unpaired) electrons. The standard InChI is InChI=1S/C36H35N7O3/c1-19-23-8-11-29(19)43(18-23)36(45)24-13-28-33(31(15-24)46-3)41(2)35(40-28)30-14-22-7-9-25(39-34(22)42(30)17-20-4-5-20)21-6-10-26-27(12-21)37-16-32(44)38-26/h6-7,9-10,12-16,19-20,23,29H,4-5,8,11,17-18H2,1-3H3,(H,38,44). The summed E-state index contributed by atoms with van der Waals surface area (Å²) in [6.45, 7) is 3.98. The lowest BCUT2D eigenvalue weighted by molar-refractivity contribution is 0.0696. The van der Waals surface area contributed by atoms with Crippen LogP contribution < -0.4 is 10.3 Å². The van der Waals surface area contributed by atoms with Crippen LogP contribution in [0.2, 0.25) is 0 Å². The lowest BCUT2D eigenvalue weighted by atomic mass is 10.0. The number of likely N-dealkylation sites (tertiary alicyclic amines) is 1. The average molecular weight is 614 g/mol. The van der Waals surface area contributed by atoms with Gasteiger partial charge in [-0.2, -0.15) is 0 Å². The number of amides is 1. The maximum atomic E-state index is 13.8. The molecule has 2 saturated carbocycles. The van der Waals surface area contributed by atoms with E-state index < -0.39 is 0 Å². The Morgan fingerprint density at radius 1 is 1.02 bits per heavy atom. The van der Waals surface area contributed by atoms with Crippen LogP contribution in [0, 0.1) is 17.8 Å². The highest BCUT2D eigenvalue weighted by Gasteiger charge is 2.46. The molecule has 3 atom stereocenters.